The third kappa shape index (κ3) is 3.49. The molecule has 1 amide bonds. The van der Waals surface area contributed by atoms with Crippen LogP contribution in [0.2, 0.25) is 0 Å². The first-order chi connectivity index (χ1) is 7.15. The quantitative estimate of drug-likeness (QED) is 0.571. The number of nitrogens with zero attached hydrogens (tertiary/aromatic N) is 1. The summed E-state index contributed by atoms with van der Waals surface area (Å²) in [5.41, 5.74) is 0. The van der Waals surface area contributed by atoms with E-state index in [-0.39, 0.29) is 19.0 Å². The van der Waals surface area contributed by atoms with Crippen LogP contribution in [0.3, 0.4) is 0 Å². The van der Waals surface area contributed by atoms with Gasteiger partial charge in [-0.2, -0.15) is 0 Å². The smallest absolute Gasteiger partial charge is 0.322 e. The molecule has 1 aliphatic rings. The first kappa shape index (κ1) is 11.9. The molecule has 2 N–H and O–H groups in total. The predicted molar refractivity (Wildman–Crippen MR) is 52.5 cm³/mol. The normalized spacial score (nSPS) is 22.5. The zero-order chi connectivity index (χ0) is 11.3. The number of aliphatic carboxylic acids is 1. The second-order valence-electron chi connectivity index (χ2n) is 3.33. The Morgan fingerprint density at radius 2 is 2.47 bits per heavy atom. The van der Waals surface area contributed by atoms with E-state index in [1.807, 2.05) is 6.92 Å². The summed E-state index contributed by atoms with van der Waals surface area (Å²) < 4.78 is 5.13. The minimum Gasteiger partial charge on any atom is -0.480 e. The lowest BCUT2D eigenvalue weighted by atomic mass is 10.2. The summed E-state index contributed by atoms with van der Waals surface area (Å²) in [7, 11) is 0. The topological polar surface area (TPSA) is 78.9 Å². The van der Waals surface area contributed by atoms with E-state index >= 15 is 0 Å². The molecule has 6 nitrogen and oxygen atoms in total. The van der Waals surface area contributed by atoms with Crippen LogP contribution in [0.25, 0.3) is 0 Å². The minimum absolute atomic E-state index is 0.129. The summed E-state index contributed by atoms with van der Waals surface area (Å²) in [6.07, 6.45) is 0. The van der Waals surface area contributed by atoms with Crippen LogP contribution in [0.1, 0.15) is 6.92 Å². The van der Waals surface area contributed by atoms with E-state index in [4.69, 9.17) is 9.84 Å². The van der Waals surface area contributed by atoms with Gasteiger partial charge in [-0.05, 0) is 6.92 Å². The summed E-state index contributed by atoms with van der Waals surface area (Å²) in [5.74, 6) is -1.05. The average molecular weight is 216 g/mol. The molecule has 0 aromatic rings. The van der Waals surface area contributed by atoms with E-state index in [1.54, 1.807) is 4.90 Å². The van der Waals surface area contributed by atoms with Crippen molar-refractivity contribution in [1.82, 2.24) is 10.2 Å². The second-order valence-corrected chi connectivity index (χ2v) is 3.33. The fourth-order valence-electron chi connectivity index (χ4n) is 1.49. The molecule has 1 fully saturated rings. The Morgan fingerprint density at radius 3 is 3.07 bits per heavy atom. The highest BCUT2D eigenvalue weighted by Crippen LogP contribution is 2.03. The molecule has 1 heterocycles. The van der Waals surface area contributed by atoms with E-state index in [2.05, 4.69) is 5.32 Å². The van der Waals surface area contributed by atoms with E-state index < -0.39 is 12.0 Å². The molecule has 1 unspecified atom stereocenters. The number of piperazine rings is 1. The van der Waals surface area contributed by atoms with Crippen molar-refractivity contribution in [3.05, 3.63) is 0 Å². The van der Waals surface area contributed by atoms with Gasteiger partial charge >= 0.3 is 5.97 Å². The molecule has 0 bridgehead atoms. The Kier molecular flexibility index (Phi) is 4.51. The van der Waals surface area contributed by atoms with Crippen LogP contribution in [0.15, 0.2) is 0 Å². The lowest BCUT2D eigenvalue weighted by Crippen LogP contribution is -2.58. The standard InChI is InChI=1S/C9H16N2O4/c1-2-15-4-3-11-6-8(12)10-5-7(11)9(13)14/h7H,2-6H2,1H3,(H,10,12)(H,13,14). The van der Waals surface area contributed by atoms with E-state index in [0.29, 0.717) is 19.8 Å². The maximum atomic E-state index is 11.1. The maximum absolute atomic E-state index is 11.1. The molecule has 15 heavy (non-hydrogen) atoms. The van der Waals surface area contributed by atoms with Gasteiger partial charge < -0.3 is 15.2 Å². The van der Waals surface area contributed by atoms with E-state index in [1.165, 1.54) is 0 Å². The molecule has 1 aliphatic heterocycles. The van der Waals surface area contributed by atoms with E-state index in [9.17, 15) is 9.59 Å². The number of carboxylic acid groups (broad SMARTS) is 1. The first-order valence-electron chi connectivity index (χ1n) is 4.96. The maximum Gasteiger partial charge on any atom is 0.322 e. The molecular weight excluding hydrogens is 200 g/mol. The largest absolute Gasteiger partial charge is 0.480 e. The SMILES string of the molecule is CCOCCN1CC(=O)NCC1C(=O)O. The van der Waals surface area contributed by atoms with Crippen molar-refractivity contribution >= 4 is 11.9 Å². The lowest BCUT2D eigenvalue weighted by Gasteiger charge is -2.32. The zero-order valence-electron chi connectivity index (χ0n) is 8.73. The predicted octanol–water partition coefficient (Wildman–Crippen LogP) is -1.09. The highest BCUT2D eigenvalue weighted by molar-refractivity contribution is 5.83. The van der Waals surface area contributed by atoms with Crippen LogP contribution in [0.5, 0.6) is 0 Å². The van der Waals surface area contributed by atoms with Gasteiger partial charge in [0.15, 0.2) is 0 Å². The van der Waals surface area contributed by atoms with Crippen LogP contribution in [-0.4, -0.2) is 60.8 Å². The Labute approximate surface area is 88.2 Å². The number of hydrogen-bond acceptors (Lipinski definition) is 4. The Bertz CT molecular complexity index is 244. The molecule has 1 atom stereocenters. The molecule has 0 saturated carbocycles. The van der Waals surface area contributed by atoms with Gasteiger partial charge in [-0.3, -0.25) is 14.5 Å². The molecule has 0 aliphatic carbocycles. The number of hydrogen-bond donors (Lipinski definition) is 2. The van der Waals surface area contributed by atoms with Crippen molar-refractivity contribution in [1.29, 1.82) is 0 Å². The summed E-state index contributed by atoms with van der Waals surface area (Å²) in [4.78, 5) is 23.6. The summed E-state index contributed by atoms with van der Waals surface area (Å²) in [6.45, 7) is 3.69. The monoisotopic (exact) mass is 216 g/mol. The van der Waals surface area contributed by atoms with E-state index in [0.717, 1.165) is 0 Å². The van der Waals surface area contributed by atoms with Gasteiger partial charge in [0.1, 0.15) is 6.04 Å². The van der Waals surface area contributed by atoms with Crippen molar-refractivity contribution < 1.29 is 19.4 Å². The molecule has 0 spiro atoms. The van der Waals surface area contributed by atoms with Crippen LogP contribution < -0.4 is 5.32 Å². The third-order valence-corrected chi connectivity index (χ3v) is 2.29. The number of nitrogens with one attached hydrogen (secondary N) is 1. The molecule has 0 radical (unpaired) electrons. The third-order valence-electron chi connectivity index (χ3n) is 2.29. The fourth-order valence-corrected chi connectivity index (χ4v) is 1.49. The second kappa shape index (κ2) is 5.67. The van der Waals surface area contributed by atoms with Crippen LogP contribution in [0.4, 0.5) is 0 Å². The number of amides is 1. The van der Waals surface area contributed by atoms with Crippen LogP contribution >= 0.6 is 0 Å². The first-order valence-corrected chi connectivity index (χ1v) is 4.96. The molecule has 0 aromatic carbocycles. The highest BCUT2D eigenvalue weighted by Gasteiger charge is 2.31. The van der Waals surface area contributed by atoms with Crippen molar-refractivity contribution in [3.8, 4) is 0 Å². The van der Waals surface area contributed by atoms with Crippen LogP contribution in [-0.2, 0) is 14.3 Å². The van der Waals surface area contributed by atoms with Gasteiger partial charge in [0.2, 0.25) is 5.91 Å². The average Bonchev–Trinajstić information content (AvgIpc) is 2.18. The number of carboxylic acids is 1. The molecule has 1 saturated heterocycles. The summed E-state index contributed by atoms with van der Waals surface area (Å²) in [5, 5.41) is 11.4. The van der Waals surface area contributed by atoms with Gasteiger partial charge in [0.25, 0.3) is 0 Å². The summed E-state index contributed by atoms with van der Waals surface area (Å²) >= 11 is 0. The number of rotatable bonds is 5. The van der Waals surface area contributed by atoms with Gasteiger partial charge in [0.05, 0.1) is 13.2 Å². The van der Waals surface area contributed by atoms with Gasteiger partial charge in [0, 0.05) is 19.7 Å². The molecular formula is C9H16N2O4. The van der Waals surface area contributed by atoms with Crippen molar-refractivity contribution in [2.75, 3.05) is 32.8 Å². The number of ether oxygens (including phenoxy) is 1. The van der Waals surface area contributed by atoms with Crippen molar-refractivity contribution in [3.63, 3.8) is 0 Å². The van der Waals surface area contributed by atoms with Crippen molar-refractivity contribution in [2.45, 2.75) is 13.0 Å². The van der Waals surface area contributed by atoms with Gasteiger partial charge in [-0.15, -0.1) is 0 Å². The lowest BCUT2D eigenvalue weighted by molar-refractivity contribution is -0.146. The molecule has 1 rings (SSSR count). The van der Waals surface area contributed by atoms with Gasteiger partial charge in [-0.25, -0.2) is 0 Å². The van der Waals surface area contributed by atoms with Crippen molar-refractivity contribution in [2.24, 2.45) is 0 Å². The number of carbonyl (C=O) groups is 2. The zero-order valence-corrected chi connectivity index (χ0v) is 8.73. The highest BCUT2D eigenvalue weighted by atomic mass is 16.5. The fraction of sp³-hybridized carbons (Fsp3) is 0.778. The molecule has 6 heteroatoms. The minimum atomic E-state index is -0.911. The summed E-state index contributed by atoms with van der Waals surface area (Å²) in [6, 6.07) is -0.636. The molecule has 86 valence electrons. The number of carbonyl (C=O) groups excluding carboxylic acids is 1. The Hall–Kier alpha value is -1.14. The Morgan fingerprint density at radius 1 is 1.73 bits per heavy atom. The Balaban J connectivity index is 2.46. The molecule has 0 aromatic heterocycles. The van der Waals surface area contributed by atoms with Gasteiger partial charge in [-0.1, -0.05) is 0 Å². The van der Waals surface area contributed by atoms with Crippen LogP contribution in [0, 0.1) is 0 Å².